The van der Waals surface area contributed by atoms with E-state index in [1.165, 1.54) is 0 Å². The Balaban J connectivity index is -0.000000266. The van der Waals surface area contributed by atoms with E-state index in [1.807, 2.05) is 161 Å². The first kappa shape index (κ1) is 133. The molecular weight excluding hydrogens is 1820 g/mol. The van der Waals surface area contributed by atoms with E-state index in [4.69, 9.17) is 29.4 Å². The van der Waals surface area contributed by atoms with Crippen LogP contribution in [0.4, 0.5) is 0 Å². The Bertz CT molecular complexity index is 3670. The predicted octanol–water partition coefficient (Wildman–Crippen LogP) is 16.9. The number of hydrogen-bond donors (Lipinski definition) is 3. The molecule has 7 atom stereocenters. The first-order valence-corrected chi connectivity index (χ1v) is 46.5. The minimum absolute atomic E-state index is 0. The Morgan fingerprint density at radius 2 is 0.532 bits per heavy atom. The number of carbonyl (C=O) groups is 5. The summed E-state index contributed by atoms with van der Waals surface area (Å²) in [5.41, 5.74) is 13.5. The van der Waals surface area contributed by atoms with Crippen LogP contribution in [0.2, 0.25) is 0 Å². The fourth-order valence-electron chi connectivity index (χ4n) is 8.80. The van der Waals surface area contributed by atoms with Crippen LogP contribution in [0.3, 0.4) is 0 Å². The van der Waals surface area contributed by atoms with Crippen LogP contribution in [0.1, 0.15) is 371 Å². The van der Waals surface area contributed by atoms with Gasteiger partial charge in [0.2, 0.25) is 0 Å². The molecule has 28 heteroatoms. The van der Waals surface area contributed by atoms with E-state index in [1.54, 1.807) is 125 Å². The zero-order valence-corrected chi connectivity index (χ0v) is 91.3. The van der Waals surface area contributed by atoms with Gasteiger partial charge >= 0.3 is 76.0 Å². The zero-order valence-electron chi connectivity index (χ0n) is 81.2. The molecule has 0 saturated heterocycles. The van der Waals surface area contributed by atoms with Crippen molar-refractivity contribution in [2.75, 3.05) is 0 Å². The first-order valence-electron chi connectivity index (χ1n) is 42.0. The molecule has 19 nitrogen and oxygen atoms in total. The molecule has 0 aromatic heterocycles. The number of hydrogen-bond acceptors (Lipinski definition) is 15. The van der Waals surface area contributed by atoms with E-state index in [9.17, 15) is 40.8 Å². The Kier molecular flexibility index (Phi) is 74.1. The average molecular weight is 1980 g/mol. The standard InChI is InChI=1S/2C20H33NO3S.C16H25NO2.2C15H21NO3S.2C5H11.2BrH.ClH.2Mg/c2*1-14(2)8-13-18(21-25(23)20(5,6)7)16-9-11-17(12-10-16)19(22)24-15(3)4;1-11(2)5-10-15(17)13-6-8-14(9-7-13)16(18)19-12(3)4;2*1-11(2)19-14(17)13-8-6-12(7-9-13)10-16-20(18)15(3,4)5;2*1-4-5(2)3;;;;;/h2*9-12,14-15,18,21H,8,13H2,1-7H3;6-9,11-12,15H,5,10,17H2,1-4H3;2*6-11H,1-5H3;2*5H,1,4H2,2-3H3;3*1H;;/q;;;;;2*-1;;;;2*+2/p-2/t2*18-,25+;15-;2*20-;;;;;;;/m11100......./s1. The Hall–Kier alpha value is -3.95. The average Bonchev–Trinajstić information content (AvgIpc) is 0.841. The van der Waals surface area contributed by atoms with E-state index >= 15 is 0 Å². The van der Waals surface area contributed by atoms with Crippen LogP contribution in [-0.4, -0.2) is 155 Å². The third-order valence-electron chi connectivity index (χ3n) is 16.2. The van der Waals surface area contributed by atoms with Crippen LogP contribution < -0.4 is 49.1 Å². The number of esters is 5. The van der Waals surface area contributed by atoms with E-state index in [2.05, 4.69) is 101 Å². The summed E-state index contributed by atoms with van der Waals surface area (Å²) in [5, 5.41) is 0. The fraction of sp³-hybridized carbons (Fsp3) is 0.594. The number of ether oxygens (including phenoxy) is 5. The summed E-state index contributed by atoms with van der Waals surface area (Å²) in [5.74, 6) is 1.76. The topological polar surface area (TPSA) is 275 Å². The van der Waals surface area contributed by atoms with Gasteiger partial charge in [0.25, 0.3) is 0 Å². The van der Waals surface area contributed by atoms with Gasteiger partial charge in [0.1, 0.15) is 22.0 Å². The normalized spacial score (nSPS) is 13.0. The summed E-state index contributed by atoms with van der Waals surface area (Å²) in [7, 11) is -4.86. The van der Waals surface area contributed by atoms with Crippen LogP contribution in [-0.2, 0) is 67.6 Å². The van der Waals surface area contributed by atoms with Gasteiger partial charge in [-0.3, -0.25) is 0 Å². The molecule has 0 fully saturated rings. The minimum atomic E-state index is -1.28. The SMILES string of the molecule is CC(C)CC[C@@H](N)c1ccc(C(=O)OC(C)C)cc1.CC(C)CC[C@@H](N[S@@](=O)C(C)(C)C)c1ccc(C(=O)OC(C)C)cc1.CC(C)CC[C@@H](N[S@@](=O)C(C)(C)C)c1ccc(C(=O)OC(C)C)cc1.CC(C)OC(=O)c1ccc(C=N[S@@](=O)C(C)(C)C)cc1.CC(C)OC(=O)c1ccc(C=N[S@@](=O)C(C)(C)C)cc1.Cl.[Br-].[Br-].[CH2-]CC(C)C.[CH2-]CC(C)C.[Mg+2].[Mg+2]. The Morgan fingerprint density at radius 1 is 0.339 bits per heavy atom. The third kappa shape index (κ3) is 63.9. The van der Waals surface area contributed by atoms with Crippen LogP contribution in [0.25, 0.3) is 0 Å². The van der Waals surface area contributed by atoms with Crippen LogP contribution >= 0.6 is 12.4 Å². The van der Waals surface area contributed by atoms with Crippen molar-refractivity contribution >= 4 is 145 Å². The molecule has 0 aliphatic carbocycles. The van der Waals surface area contributed by atoms with Crippen molar-refractivity contribution in [1.29, 1.82) is 0 Å². The van der Waals surface area contributed by atoms with Crippen molar-refractivity contribution in [3.8, 4) is 0 Å². The molecule has 124 heavy (non-hydrogen) atoms. The Labute approximate surface area is 820 Å². The van der Waals surface area contributed by atoms with Gasteiger partial charge in [-0.2, -0.15) is 21.6 Å². The number of nitrogens with two attached hydrogens (primary N) is 1. The molecule has 0 bridgehead atoms. The largest absolute Gasteiger partial charge is 2.00 e. The first-order chi connectivity index (χ1) is 54.8. The summed E-state index contributed by atoms with van der Waals surface area (Å²) in [6.45, 7) is 70.3. The van der Waals surface area contributed by atoms with Gasteiger partial charge in [0.05, 0.1) is 99.3 Å². The summed E-state index contributed by atoms with van der Waals surface area (Å²) in [6, 6.07) is 36.0. The maximum absolute atomic E-state index is 12.5. The van der Waals surface area contributed by atoms with Gasteiger partial charge in [0, 0.05) is 30.6 Å². The third-order valence-corrected chi connectivity index (χ3v) is 22.1. The summed E-state index contributed by atoms with van der Waals surface area (Å²) in [4.78, 5) is 59.0. The predicted molar refractivity (Wildman–Crippen MR) is 521 cm³/mol. The maximum Gasteiger partial charge on any atom is 2.00 e. The van der Waals surface area contributed by atoms with E-state index in [0.717, 1.165) is 91.0 Å². The monoisotopic (exact) mass is 1970 g/mol. The number of rotatable bonds is 32. The molecule has 0 aliphatic heterocycles. The molecule has 0 heterocycles. The number of benzene rings is 5. The van der Waals surface area contributed by atoms with Gasteiger partial charge < -0.3 is 77.2 Å². The van der Waals surface area contributed by atoms with Crippen LogP contribution in [0.15, 0.2) is 130 Å². The molecule has 0 saturated carbocycles. The summed E-state index contributed by atoms with van der Waals surface area (Å²) < 4.78 is 87.5. The molecule has 0 aliphatic rings. The van der Waals surface area contributed by atoms with Crippen molar-refractivity contribution in [1.82, 2.24) is 9.44 Å². The quantitative estimate of drug-likeness (QED) is 0.0119. The van der Waals surface area contributed by atoms with Gasteiger partial charge in [-0.15, -0.1) is 12.4 Å². The smallest absolute Gasteiger partial charge is 1.00 e. The molecule has 0 amide bonds. The summed E-state index contributed by atoms with van der Waals surface area (Å²) in [6.07, 6.45) is 10.5. The molecule has 698 valence electrons. The van der Waals surface area contributed by atoms with Crippen molar-refractivity contribution in [3.63, 3.8) is 0 Å². The van der Waals surface area contributed by atoms with Crippen LogP contribution in [0, 0.1) is 43.4 Å². The number of nitrogens with one attached hydrogen (secondary N) is 2. The maximum atomic E-state index is 12.5. The molecule has 0 unspecified atom stereocenters. The Morgan fingerprint density at radius 3 is 0.710 bits per heavy atom. The van der Waals surface area contributed by atoms with Crippen molar-refractivity contribution in [2.45, 2.75) is 341 Å². The second-order valence-electron chi connectivity index (χ2n) is 36.6. The number of nitrogens with zero attached hydrogens (tertiary/aromatic N) is 2. The van der Waals surface area contributed by atoms with Crippen molar-refractivity contribution < 1.29 is 98.5 Å². The van der Waals surface area contributed by atoms with Crippen molar-refractivity contribution in [3.05, 3.63) is 191 Å². The molecule has 0 spiro atoms. The second kappa shape index (κ2) is 69.0. The molecule has 5 aromatic carbocycles. The zero-order chi connectivity index (χ0) is 92.1. The van der Waals surface area contributed by atoms with Crippen molar-refractivity contribution in [2.24, 2.45) is 44.1 Å². The minimum Gasteiger partial charge on any atom is -1.00 e. The summed E-state index contributed by atoms with van der Waals surface area (Å²) >= 11 is 0. The fourth-order valence-corrected chi connectivity index (χ4v) is 11.6. The van der Waals surface area contributed by atoms with Gasteiger partial charge in [0.15, 0.2) is 0 Å². The molecule has 4 N–H and O–H groups in total. The molecular formula is C96H156Br2ClMg2N5O14S4. The van der Waals surface area contributed by atoms with Crippen LogP contribution in [0.5, 0.6) is 0 Å². The van der Waals surface area contributed by atoms with Gasteiger partial charge in [-0.1, -0.05) is 142 Å². The number of halogens is 3. The molecule has 5 aromatic rings. The van der Waals surface area contributed by atoms with E-state index < -0.39 is 43.9 Å². The molecule has 5 rings (SSSR count). The van der Waals surface area contributed by atoms with E-state index in [0.29, 0.717) is 45.6 Å². The second-order valence-corrected chi connectivity index (χ2v) is 44.4. The number of carbonyl (C=O) groups excluding carboxylic acids is 5. The van der Waals surface area contributed by atoms with Gasteiger partial charge in [-0.25, -0.2) is 50.3 Å². The van der Waals surface area contributed by atoms with Gasteiger partial charge in [-0.05, 0) is 297 Å². The molecule has 0 radical (unpaired) electrons. The van der Waals surface area contributed by atoms with E-state index in [-0.39, 0.29) is 190 Å².